The van der Waals surface area contributed by atoms with Crippen LogP contribution < -0.4 is 5.30 Å². The number of hydrogen-bond acceptors (Lipinski definition) is 2. The molecule has 0 spiro atoms. The summed E-state index contributed by atoms with van der Waals surface area (Å²) in [6.45, 7) is 3.24. The first kappa shape index (κ1) is 11.2. The third-order valence-electron chi connectivity index (χ3n) is 1.90. The van der Waals surface area contributed by atoms with E-state index in [2.05, 4.69) is 0 Å². The van der Waals surface area contributed by atoms with Crippen molar-refractivity contribution in [1.29, 1.82) is 0 Å². The van der Waals surface area contributed by atoms with Crippen LogP contribution in [-0.4, -0.2) is 10.4 Å². The molecular weight excluding hydrogens is 199 g/mol. The molecule has 1 N–H and O–H groups in total. The highest BCUT2D eigenvalue weighted by molar-refractivity contribution is 7.82. The summed E-state index contributed by atoms with van der Waals surface area (Å²) in [5.41, 5.74) is -0.594. The minimum Gasteiger partial charge on any atom is -0.336 e. The van der Waals surface area contributed by atoms with Gasteiger partial charge in [-0.05, 0) is 12.1 Å². The van der Waals surface area contributed by atoms with Crippen LogP contribution in [0.15, 0.2) is 30.3 Å². The average Bonchev–Trinajstić information content (AvgIpc) is 2.18. The first-order chi connectivity index (χ1) is 6.46. The van der Waals surface area contributed by atoms with E-state index < -0.39 is 18.8 Å². The van der Waals surface area contributed by atoms with Gasteiger partial charge in [0.15, 0.2) is 0 Å². The van der Waals surface area contributed by atoms with E-state index in [1.165, 1.54) is 12.1 Å². The van der Waals surface area contributed by atoms with Crippen LogP contribution in [-0.2, 0) is 9.36 Å². The maximum absolute atomic E-state index is 11.8. The van der Waals surface area contributed by atoms with Gasteiger partial charge < -0.3 is 4.89 Å². The van der Waals surface area contributed by atoms with Gasteiger partial charge in [-0.25, -0.2) is 0 Å². The van der Waals surface area contributed by atoms with Crippen molar-refractivity contribution < 1.29 is 14.3 Å². The minimum atomic E-state index is -3.83. The van der Waals surface area contributed by atoms with E-state index in [1.807, 2.05) is 0 Å². The molecule has 0 aliphatic heterocycles. The molecule has 14 heavy (non-hydrogen) atoms. The van der Waals surface area contributed by atoms with Gasteiger partial charge in [-0.2, -0.15) is 0 Å². The maximum Gasteiger partial charge on any atom is 0.293 e. The Kier molecular flexibility index (Phi) is 3.25. The summed E-state index contributed by atoms with van der Waals surface area (Å²) in [5, 5.41) is 0.207. The molecule has 0 fully saturated rings. The maximum atomic E-state index is 11.8. The molecule has 0 saturated carbocycles. The summed E-state index contributed by atoms with van der Waals surface area (Å²) < 4.78 is 11.8. The average molecular weight is 212 g/mol. The zero-order chi connectivity index (χ0) is 10.8. The molecule has 1 aromatic carbocycles. The molecular formula is C10H13O3P. The van der Waals surface area contributed by atoms with Crippen LogP contribution in [0.1, 0.15) is 13.8 Å². The van der Waals surface area contributed by atoms with Gasteiger partial charge in [-0.15, -0.1) is 0 Å². The van der Waals surface area contributed by atoms with Gasteiger partial charge >= 0.3 is 0 Å². The third kappa shape index (κ3) is 2.11. The van der Waals surface area contributed by atoms with E-state index in [-0.39, 0.29) is 5.30 Å². The molecule has 1 rings (SSSR count). The number of rotatable bonds is 3. The standard InChI is InChI=1S/C10H13O3P/c1-8(2)10(11)14(12,13)9-6-4-3-5-7-9/h3-8H,1-2H3,(H,12,13). The monoisotopic (exact) mass is 212 g/mol. The van der Waals surface area contributed by atoms with E-state index in [4.69, 9.17) is 0 Å². The van der Waals surface area contributed by atoms with Gasteiger partial charge in [0, 0.05) is 11.2 Å². The lowest BCUT2D eigenvalue weighted by atomic mass is 10.3. The molecule has 0 amide bonds. The number of carbonyl (C=O) groups is 1. The Balaban J connectivity index is 3.09. The molecule has 0 heterocycles. The Labute approximate surface area is 83.2 Å². The summed E-state index contributed by atoms with van der Waals surface area (Å²) in [6, 6.07) is 8.03. The molecule has 0 aromatic heterocycles. The van der Waals surface area contributed by atoms with Crippen LogP contribution in [0, 0.1) is 5.92 Å². The first-order valence-electron chi connectivity index (χ1n) is 4.39. The molecule has 1 atom stereocenters. The van der Waals surface area contributed by atoms with Crippen molar-refractivity contribution in [3.63, 3.8) is 0 Å². The van der Waals surface area contributed by atoms with Crippen molar-refractivity contribution in [2.24, 2.45) is 5.92 Å². The van der Waals surface area contributed by atoms with Crippen molar-refractivity contribution in [3.05, 3.63) is 30.3 Å². The first-order valence-corrected chi connectivity index (χ1v) is 6.05. The Hall–Kier alpha value is -0.920. The van der Waals surface area contributed by atoms with Gasteiger partial charge in [-0.3, -0.25) is 9.36 Å². The predicted molar refractivity (Wildman–Crippen MR) is 55.7 cm³/mol. The van der Waals surface area contributed by atoms with Crippen molar-refractivity contribution in [3.8, 4) is 0 Å². The van der Waals surface area contributed by atoms with E-state index in [9.17, 15) is 14.3 Å². The van der Waals surface area contributed by atoms with Crippen molar-refractivity contribution in [1.82, 2.24) is 0 Å². The van der Waals surface area contributed by atoms with Gasteiger partial charge in [-0.1, -0.05) is 32.0 Å². The quantitative estimate of drug-likeness (QED) is 0.777. The fourth-order valence-electron chi connectivity index (χ4n) is 1.11. The van der Waals surface area contributed by atoms with Gasteiger partial charge in [0.2, 0.25) is 5.52 Å². The molecule has 1 unspecified atom stereocenters. The van der Waals surface area contributed by atoms with Crippen LogP contribution in [0.3, 0.4) is 0 Å². The second-order valence-corrected chi connectivity index (χ2v) is 5.51. The van der Waals surface area contributed by atoms with Crippen LogP contribution in [0.2, 0.25) is 0 Å². The fourth-order valence-corrected chi connectivity index (χ4v) is 2.64. The second-order valence-electron chi connectivity index (χ2n) is 3.40. The van der Waals surface area contributed by atoms with Crippen molar-refractivity contribution in [2.45, 2.75) is 13.8 Å². The van der Waals surface area contributed by atoms with Crippen LogP contribution in [0.4, 0.5) is 0 Å². The molecule has 76 valence electrons. The molecule has 0 aliphatic rings. The SMILES string of the molecule is CC(C)C(=O)P(=O)(O)c1ccccc1. The number of benzene rings is 1. The van der Waals surface area contributed by atoms with Crippen LogP contribution in [0.25, 0.3) is 0 Å². The summed E-state index contributed by atoms with van der Waals surface area (Å²) in [6.07, 6.45) is 0. The summed E-state index contributed by atoms with van der Waals surface area (Å²) in [4.78, 5) is 21.1. The molecule has 0 saturated heterocycles. The van der Waals surface area contributed by atoms with Crippen LogP contribution >= 0.6 is 7.37 Å². The Morgan fingerprint density at radius 1 is 1.29 bits per heavy atom. The van der Waals surface area contributed by atoms with Crippen molar-refractivity contribution in [2.75, 3.05) is 0 Å². The summed E-state index contributed by atoms with van der Waals surface area (Å²) in [7, 11) is -3.83. The number of hydrogen-bond donors (Lipinski definition) is 1. The van der Waals surface area contributed by atoms with Gasteiger partial charge in [0.05, 0.1) is 0 Å². The van der Waals surface area contributed by atoms with E-state index in [1.54, 1.807) is 32.0 Å². The topological polar surface area (TPSA) is 54.4 Å². The Morgan fingerprint density at radius 2 is 1.79 bits per heavy atom. The summed E-state index contributed by atoms with van der Waals surface area (Å²) >= 11 is 0. The lowest BCUT2D eigenvalue weighted by molar-refractivity contribution is -0.115. The van der Waals surface area contributed by atoms with E-state index >= 15 is 0 Å². The molecule has 0 bridgehead atoms. The zero-order valence-corrected chi connectivity index (χ0v) is 9.07. The zero-order valence-electron chi connectivity index (χ0n) is 8.18. The lowest BCUT2D eigenvalue weighted by Crippen LogP contribution is -2.16. The molecule has 4 heteroatoms. The summed E-state index contributed by atoms with van der Waals surface area (Å²) in [5.74, 6) is -0.425. The molecule has 1 aromatic rings. The predicted octanol–water partition coefficient (Wildman–Crippen LogP) is 1.76. The third-order valence-corrected chi connectivity index (χ3v) is 4.01. The molecule has 0 radical (unpaired) electrons. The largest absolute Gasteiger partial charge is 0.336 e. The normalized spacial score (nSPS) is 15.1. The smallest absolute Gasteiger partial charge is 0.293 e. The minimum absolute atomic E-state index is 0.207. The lowest BCUT2D eigenvalue weighted by Gasteiger charge is -2.12. The Bertz CT molecular complexity index is 370. The number of carbonyl (C=O) groups excluding carboxylic acids is 1. The van der Waals surface area contributed by atoms with Gasteiger partial charge in [0.25, 0.3) is 7.37 Å². The molecule has 3 nitrogen and oxygen atoms in total. The highest BCUT2D eigenvalue weighted by Gasteiger charge is 2.32. The van der Waals surface area contributed by atoms with E-state index in [0.717, 1.165) is 0 Å². The highest BCUT2D eigenvalue weighted by Crippen LogP contribution is 2.42. The van der Waals surface area contributed by atoms with E-state index in [0.29, 0.717) is 0 Å². The fraction of sp³-hybridized carbons (Fsp3) is 0.300. The Morgan fingerprint density at radius 3 is 2.21 bits per heavy atom. The van der Waals surface area contributed by atoms with Gasteiger partial charge in [0.1, 0.15) is 0 Å². The molecule has 0 aliphatic carbocycles. The van der Waals surface area contributed by atoms with Crippen LogP contribution in [0.5, 0.6) is 0 Å². The second kappa shape index (κ2) is 4.07. The highest BCUT2D eigenvalue weighted by atomic mass is 31.2. The van der Waals surface area contributed by atoms with Crippen molar-refractivity contribution >= 4 is 18.2 Å².